The Labute approximate surface area is 156 Å². The van der Waals surface area contributed by atoms with Crippen LogP contribution in [0.1, 0.15) is 10.4 Å². The average Bonchev–Trinajstić information content (AvgIpc) is 2.63. The van der Waals surface area contributed by atoms with Crippen LogP contribution < -0.4 is 15.5 Å². The Kier molecular flexibility index (Phi) is 7.01. The van der Waals surface area contributed by atoms with Gasteiger partial charge < -0.3 is 20.3 Å². The maximum Gasteiger partial charge on any atom is 0.337 e. The topological polar surface area (TPSA) is 88.9 Å². The van der Waals surface area contributed by atoms with Gasteiger partial charge in [-0.1, -0.05) is 0 Å². The molecule has 142 valence electrons. The molecule has 1 unspecified atom stereocenters. The van der Waals surface area contributed by atoms with Gasteiger partial charge in [-0.2, -0.15) is 0 Å². The van der Waals surface area contributed by atoms with Crippen molar-refractivity contribution in [2.45, 2.75) is 0 Å². The molecule has 0 aromatic heterocycles. The zero-order chi connectivity index (χ0) is 19.8. The highest BCUT2D eigenvalue weighted by atomic mass is 19.1. The van der Waals surface area contributed by atoms with Crippen molar-refractivity contribution >= 4 is 29.2 Å². The zero-order valence-electron chi connectivity index (χ0n) is 15.0. The minimum atomic E-state index is -0.454. The van der Waals surface area contributed by atoms with Gasteiger partial charge in [0, 0.05) is 11.4 Å². The first-order valence-electron chi connectivity index (χ1n) is 8.22. The fourth-order valence-electron chi connectivity index (χ4n) is 2.36. The van der Waals surface area contributed by atoms with Crippen molar-refractivity contribution in [2.75, 3.05) is 37.9 Å². The highest BCUT2D eigenvalue weighted by molar-refractivity contribution is 5.94. The summed E-state index contributed by atoms with van der Waals surface area (Å²) in [4.78, 5) is 36.1. The molecule has 7 nitrogen and oxygen atoms in total. The van der Waals surface area contributed by atoms with Crippen LogP contribution in [-0.4, -0.2) is 45.0 Å². The highest BCUT2D eigenvalue weighted by Gasteiger charge is 2.15. The number of hydrogen-bond donors (Lipinski definition) is 3. The third kappa shape index (κ3) is 6.52. The van der Waals surface area contributed by atoms with E-state index in [2.05, 4.69) is 15.4 Å². The summed E-state index contributed by atoms with van der Waals surface area (Å²) in [6.07, 6.45) is 0. The first-order valence-corrected chi connectivity index (χ1v) is 8.22. The monoisotopic (exact) mass is 374 g/mol. The molecule has 0 radical (unpaired) electrons. The van der Waals surface area contributed by atoms with E-state index < -0.39 is 5.97 Å². The second-order valence-corrected chi connectivity index (χ2v) is 5.98. The van der Waals surface area contributed by atoms with E-state index in [1.807, 2.05) is 0 Å². The van der Waals surface area contributed by atoms with Gasteiger partial charge in [0.1, 0.15) is 5.82 Å². The van der Waals surface area contributed by atoms with E-state index in [4.69, 9.17) is 0 Å². The summed E-state index contributed by atoms with van der Waals surface area (Å²) >= 11 is 0. The Morgan fingerprint density at radius 2 is 1.33 bits per heavy atom. The average molecular weight is 374 g/mol. The van der Waals surface area contributed by atoms with Crippen LogP contribution in [0, 0.1) is 5.82 Å². The molecule has 0 aliphatic heterocycles. The maximum atomic E-state index is 12.9. The Balaban J connectivity index is 1.79. The number of nitrogens with one attached hydrogen (secondary N) is 3. The molecule has 0 saturated heterocycles. The summed E-state index contributed by atoms with van der Waals surface area (Å²) < 4.78 is 17.5. The van der Waals surface area contributed by atoms with Gasteiger partial charge in [-0.3, -0.25) is 9.59 Å². The van der Waals surface area contributed by atoms with Gasteiger partial charge in [0.05, 0.1) is 19.7 Å². The molecule has 2 amide bonds. The lowest BCUT2D eigenvalue weighted by atomic mass is 10.2. The number of ether oxygens (including phenoxy) is 1. The molecule has 0 aliphatic carbocycles. The quantitative estimate of drug-likeness (QED) is 0.623. The molecule has 2 aromatic rings. The predicted molar refractivity (Wildman–Crippen MR) is 98.1 cm³/mol. The summed E-state index contributed by atoms with van der Waals surface area (Å²) in [7, 11) is 3.01. The molecule has 0 spiro atoms. The minimum Gasteiger partial charge on any atom is -0.465 e. The summed E-state index contributed by atoms with van der Waals surface area (Å²) in [6.45, 7) is 0.154. The molecule has 0 bridgehead atoms. The van der Waals surface area contributed by atoms with Gasteiger partial charge in [-0.05, 0) is 48.5 Å². The lowest BCUT2D eigenvalue weighted by Crippen LogP contribution is -3.11. The Hall–Kier alpha value is -3.26. The molecular formula is C19H21FN3O4+. The fraction of sp³-hybridized carbons (Fsp3) is 0.211. The maximum absolute atomic E-state index is 12.9. The Morgan fingerprint density at radius 3 is 1.78 bits per heavy atom. The van der Waals surface area contributed by atoms with Gasteiger partial charge in [-0.25, -0.2) is 9.18 Å². The van der Waals surface area contributed by atoms with Crippen molar-refractivity contribution in [1.82, 2.24) is 0 Å². The molecule has 2 aromatic carbocycles. The molecule has 3 N–H and O–H groups in total. The third-order valence-electron chi connectivity index (χ3n) is 3.64. The van der Waals surface area contributed by atoms with Crippen molar-refractivity contribution in [3.63, 3.8) is 0 Å². The van der Waals surface area contributed by atoms with Crippen LogP contribution in [0.25, 0.3) is 0 Å². The third-order valence-corrected chi connectivity index (χ3v) is 3.64. The van der Waals surface area contributed by atoms with Gasteiger partial charge >= 0.3 is 5.97 Å². The largest absolute Gasteiger partial charge is 0.465 e. The number of likely N-dealkylation sites (N-methyl/N-ethyl adjacent to an activating group) is 1. The normalized spacial score (nSPS) is 11.4. The summed E-state index contributed by atoms with van der Waals surface area (Å²) in [6, 6.07) is 11.7. The van der Waals surface area contributed by atoms with E-state index in [-0.39, 0.29) is 30.7 Å². The van der Waals surface area contributed by atoms with Crippen molar-refractivity contribution in [1.29, 1.82) is 0 Å². The molecule has 27 heavy (non-hydrogen) atoms. The molecule has 0 saturated carbocycles. The van der Waals surface area contributed by atoms with E-state index >= 15 is 0 Å². The number of halogens is 1. The standard InChI is InChI=1S/C19H20FN3O4/c1-23(12-18(25)22-16-9-5-14(20)6-10-16)11-17(24)21-15-7-3-13(4-8-15)19(26)27-2/h3-10H,11-12H2,1-2H3,(H,21,24)(H,22,25)/p+1. The van der Waals surface area contributed by atoms with E-state index in [9.17, 15) is 18.8 Å². The molecule has 1 atom stereocenters. The SMILES string of the molecule is COC(=O)c1ccc(NC(=O)C[NH+](C)CC(=O)Nc2ccc(F)cc2)cc1. The number of carbonyl (C=O) groups excluding carboxylic acids is 3. The predicted octanol–water partition coefficient (Wildman–Crippen LogP) is 0.704. The van der Waals surface area contributed by atoms with Crippen LogP contribution in [0.4, 0.5) is 15.8 Å². The van der Waals surface area contributed by atoms with Crippen LogP contribution in [-0.2, 0) is 14.3 Å². The Morgan fingerprint density at radius 1 is 0.889 bits per heavy atom. The number of quaternary nitrogens is 1. The van der Waals surface area contributed by atoms with E-state index in [1.165, 1.54) is 31.4 Å². The smallest absolute Gasteiger partial charge is 0.337 e. The van der Waals surface area contributed by atoms with E-state index in [0.29, 0.717) is 21.8 Å². The molecule has 0 aliphatic rings. The zero-order valence-corrected chi connectivity index (χ0v) is 15.0. The van der Waals surface area contributed by atoms with Crippen molar-refractivity contribution in [2.24, 2.45) is 0 Å². The number of methoxy groups -OCH3 is 1. The molecule has 8 heteroatoms. The van der Waals surface area contributed by atoms with E-state index in [1.54, 1.807) is 31.3 Å². The van der Waals surface area contributed by atoms with Crippen molar-refractivity contribution in [3.8, 4) is 0 Å². The first-order chi connectivity index (χ1) is 12.9. The van der Waals surface area contributed by atoms with Crippen molar-refractivity contribution in [3.05, 3.63) is 59.9 Å². The lowest BCUT2D eigenvalue weighted by molar-refractivity contribution is -0.862. The fourth-order valence-corrected chi connectivity index (χ4v) is 2.36. The van der Waals surface area contributed by atoms with Gasteiger partial charge in [0.25, 0.3) is 11.8 Å². The molecule has 0 heterocycles. The number of esters is 1. The molecule has 0 fully saturated rings. The summed E-state index contributed by atoms with van der Waals surface area (Å²) in [5.74, 6) is -1.39. The van der Waals surface area contributed by atoms with Gasteiger partial charge in [0.15, 0.2) is 13.1 Å². The van der Waals surface area contributed by atoms with Crippen LogP contribution in [0.5, 0.6) is 0 Å². The van der Waals surface area contributed by atoms with Crippen LogP contribution in [0.2, 0.25) is 0 Å². The first kappa shape index (κ1) is 20.1. The summed E-state index contributed by atoms with van der Waals surface area (Å²) in [5.41, 5.74) is 1.41. The second-order valence-electron chi connectivity index (χ2n) is 5.98. The van der Waals surface area contributed by atoms with Crippen LogP contribution >= 0.6 is 0 Å². The number of carbonyl (C=O) groups is 3. The number of anilines is 2. The van der Waals surface area contributed by atoms with Crippen LogP contribution in [0.15, 0.2) is 48.5 Å². The molecule has 2 rings (SSSR count). The lowest BCUT2D eigenvalue weighted by Gasteiger charge is -2.14. The highest BCUT2D eigenvalue weighted by Crippen LogP contribution is 2.10. The van der Waals surface area contributed by atoms with Gasteiger partial charge in [0.2, 0.25) is 0 Å². The summed E-state index contributed by atoms with van der Waals surface area (Å²) in [5, 5.41) is 5.34. The number of amides is 2. The van der Waals surface area contributed by atoms with Crippen LogP contribution in [0.3, 0.4) is 0 Å². The Bertz CT molecular complexity index is 807. The van der Waals surface area contributed by atoms with E-state index in [0.717, 1.165) is 0 Å². The second kappa shape index (κ2) is 9.44. The number of benzene rings is 2. The van der Waals surface area contributed by atoms with Crippen molar-refractivity contribution < 1.29 is 28.4 Å². The van der Waals surface area contributed by atoms with Gasteiger partial charge in [-0.15, -0.1) is 0 Å². The number of hydrogen-bond acceptors (Lipinski definition) is 4. The minimum absolute atomic E-state index is 0.0755. The number of rotatable bonds is 7. The molecular weight excluding hydrogens is 353 g/mol.